The Morgan fingerprint density at radius 3 is 2.35 bits per heavy atom. The van der Waals surface area contributed by atoms with Crippen molar-refractivity contribution in [2.24, 2.45) is 0 Å². The van der Waals surface area contributed by atoms with Gasteiger partial charge >= 0.3 is 0 Å². The monoisotopic (exact) mass is 272 g/mol. The van der Waals surface area contributed by atoms with Crippen molar-refractivity contribution in [2.75, 3.05) is 11.4 Å². The number of hydrogen-bond acceptors (Lipinski definition) is 2. The van der Waals surface area contributed by atoms with Crippen LogP contribution in [0.2, 0.25) is 0 Å². The second-order valence-corrected chi connectivity index (χ2v) is 4.40. The molecule has 0 radical (unpaired) electrons. The molecule has 0 bridgehead atoms. The molecule has 2 nitrogen and oxygen atoms in total. The Labute approximate surface area is 116 Å². The molecule has 0 saturated carbocycles. The summed E-state index contributed by atoms with van der Waals surface area (Å²) in [5.41, 5.74) is 1.64. The molecule has 0 aliphatic heterocycles. The van der Waals surface area contributed by atoms with Crippen molar-refractivity contribution >= 4 is 11.4 Å². The number of para-hydroxylation sites is 1. The quantitative estimate of drug-likeness (QED) is 0.832. The van der Waals surface area contributed by atoms with Crippen molar-refractivity contribution in [3.8, 4) is 6.07 Å². The van der Waals surface area contributed by atoms with E-state index >= 15 is 0 Å². The molecule has 0 spiro atoms. The van der Waals surface area contributed by atoms with Crippen LogP contribution in [0.25, 0.3) is 0 Å². The topological polar surface area (TPSA) is 27.0 Å². The third-order valence-corrected chi connectivity index (χ3v) is 3.20. The minimum atomic E-state index is -1.10. The zero-order valence-corrected chi connectivity index (χ0v) is 11.3. The van der Waals surface area contributed by atoms with Gasteiger partial charge in [0.25, 0.3) is 0 Å². The van der Waals surface area contributed by atoms with Crippen LogP contribution in [0.15, 0.2) is 36.4 Å². The van der Waals surface area contributed by atoms with E-state index in [1.807, 2.05) is 38.1 Å². The molecule has 0 saturated heterocycles. The van der Waals surface area contributed by atoms with E-state index in [-0.39, 0.29) is 11.3 Å². The van der Waals surface area contributed by atoms with Crippen molar-refractivity contribution in [3.05, 3.63) is 59.2 Å². The van der Waals surface area contributed by atoms with Gasteiger partial charge in [-0.15, -0.1) is 0 Å². The number of benzene rings is 2. The molecule has 0 atom stereocenters. The van der Waals surface area contributed by atoms with Crippen LogP contribution >= 0.6 is 0 Å². The largest absolute Gasteiger partial charge is 0.339 e. The van der Waals surface area contributed by atoms with E-state index in [2.05, 4.69) is 0 Å². The third-order valence-electron chi connectivity index (χ3n) is 3.20. The van der Waals surface area contributed by atoms with Gasteiger partial charge in [0.2, 0.25) is 0 Å². The highest BCUT2D eigenvalue weighted by molar-refractivity contribution is 5.67. The fourth-order valence-corrected chi connectivity index (χ4v) is 2.17. The molecule has 102 valence electrons. The molecule has 2 rings (SSSR count). The van der Waals surface area contributed by atoms with Gasteiger partial charge in [-0.3, -0.25) is 0 Å². The molecule has 0 aliphatic rings. The van der Waals surface area contributed by atoms with Gasteiger partial charge in [0, 0.05) is 12.2 Å². The summed E-state index contributed by atoms with van der Waals surface area (Å²) in [4.78, 5) is 1.69. The van der Waals surface area contributed by atoms with Crippen LogP contribution < -0.4 is 4.90 Å². The Balaban J connectivity index is 2.57. The Bertz CT molecular complexity index is 675. The third kappa shape index (κ3) is 2.35. The first-order valence-electron chi connectivity index (χ1n) is 6.31. The Morgan fingerprint density at radius 1 is 1.05 bits per heavy atom. The summed E-state index contributed by atoms with van der Waals surface area (Å²) in [6.07, 6.45) is 0. The van der Waals surface area contributed by atoms with E-state index < -0.39 is 11.6 Å². The summed E-state index contributed by atoms with van der Waals surface area (Å²) in [7, 11) is 0. The fraction of sp³-hybridized carbons (Fsp3) is 0.188. The van der Waals surface area contributed by atoms with E-state index in [0.717, 1.165) is 11.3 Å². The highest BCUT2D eigenvalue weighted by Gasteiger charge is 2.19. The first-order chi connectivity index (χ1) is 9.60. The summed E-state index contributed by atoms with van der Waals surface area (Å²) < 4.78 is 27.9. The van der Waals surface area contributed by atoms with Crippen LogP contribution in [0.3, 0.4) is 0 Å². The Kier molecular flexibility index (Phi) is 3.99. The molecular formula is C16H14F2N2. The maximum absolute atomic E-state index is 14.1. The number of rotatable bonds is 3. The van der Waals surface area contributed by atoms with Crippen LogP contribution in [0.4, 0.5) is 20.2 Å². The zero-order valence-electron chi connectivity index (χ0n) is 11.3. The average molecular weight is 272 g/mol. The molecule has 2 aromatic carbocycles. The van der Waals surface area contributed by atoms with E-state index in [9.17, 15) is 8.78 Å². The van der Waals surface area contributed by atoms with Gasteiger partial charge < -0.3 is 4.90 Å². The summed E-state index contributed by atoms with van der Waals surface area (Å²) in [6, 6.07) is 11.9. The molecule has 20 heavy (non-hydrogen) atoms. The van der Waals surface area contributed by atoms with E-state index in [1.165, 1.54) is 12.1 Å². The van der Waals surface area contributed by atoms with Gasteiger partial charge in [0.15, 0.2) is 11.6 Å². The zero-order chi connectivity index (χ0) is 14.7. The Hall–Kier alpha value is -2.41. The van der Waals surface area contributed by atoms with Crippen molar-refractivity contribution in [1.29, 1.82) is 5.26 Å². The fourth-order valence-electron chi connectivity index (χ4n) is 2.17. The standard InChI is InChI=1S/C16H14F2N2/c1-3-20(13-7-5-4-6-11(13)2)14-9-8-12(10-19)15(17)16(14)18/h4-9H,3H2,1-2H3. The van der Waals surface area contributed by atoms with Crippen molar-refractivity contribution in [1.82, 2.24) is 0 Å². The maximum Gasteiger partial charge on any atom is 0.183 e. The van der Waals surface area contributed by atoms with Gasteiger partial charge in [-0.2, -0.15) is 5.26 Å². The summed E-state index contributed by atoms with van der Waals surface area (Å²) in [5, 5.41) is 8.72. The van der Waals surface area contributed by atoms with Crippen LogP contribution in [0.5, 0.6) is 0 Å². The number of hydrogen-bond donors (Lipinski definition) is 0. The number of nitrogens with zero attached hydrogens (tertiary/aromatic N) is 2. The van der Waals surface area contributed by atoms with Crippen LogP contribution in [-0.2, 0) is 0 Å². The lowest BCUT2D eigenvalue weighted by atomic mass is 10.1. The SMILES string of the molecule is CCN(c1ccccc1C)c1ccc(C#N)c(F)c1F. The Morgan fingerprint density at radius 2 is 1.75 bits per heavy atom. The molecule has 0 aliphatic carbocycles. The minimum absolute atomic E-state index is 0.137. The van der Waals surface area contributed by atoms with Crippen LogP contribution in [-0.4, -0.2) is 6.54 Å². The number of aryl methyl sites for hydroxylation is 1. The molecule has 4 heteroatoms. The maximum atomic E-state index is 14.1. The number of anilines is 2. The number of nitriles is 1. The van der Waals surface area contributed by atoms with Crippen LogP contribution in [0, 0.1) is 29.9 Å². The lowest BCUT2D eigenvalue weighted by Gasteiger charge is -2.25. The molecule has 2 aromatic rings. The van der Waals surface area contributed by atoms with Gasteiger partial charge in [-0.25, -0.2) is 8.78 Å². The highest BCUT2D eigenvalue weighted by Crippen LogP contribution is 2.31. The smallest absolute Gasteiger partial charge is 0.183 e. The number of halogens is 2. The lowest BCUT2D eigenvalue weighted by Crippen LogP contribution is -2.19. The normalized spacial score (nSPS) is 10.2. The molecule has 0 N–H and O–H groups in total. The summed E-state index contributed by atoms with van der Waals surface area (Å²) >= 11 is 0. The minimum Gasteiger partial charge on any atom is -0.339 e. The van der Waals surface area contributed by atoms with E-state index in [0.29, 0.717) is 6.54 Å². The second kappa shape index (κ2) is 5.70. The first kappa shape index (κ1) is 14.0. The average Bonchev–Trinajstić information content (AvgIpc) is 2.46. The van der Waals surface area contributed by atoms with Crippen molar-refractivity contribution in [2.45, 2.75) is 13.8 Å². The van der Waals surface area contributed by atoms with E-state index in [1.54, 1.807) is 11.0 Å². The van der Waals surface area contributed by atoms with Gasteiger partial charge in [-0.05, 0) is 37.6 Å². The molecule has 0 heterocycles. The summed E-state index contributed by atoms with van der Waals surface area (Å²) in [5.74, 6) is -2.09. The van der Waals surface area contributed by atoms with Crippen LogP contribution in [0.1, 0.15) is 18.1 Å². The predicted molar refractivity (Wildman–Crippen MR) is 74.9 cm³/mol. The molecule has 0 fully saturated rings. The van der Waals surface area contributed by atoms with Crippen molar-refractivity contribution in [3.63, 3.8) is 0 Å². The molecular weight excluding hydrogens is 258 g/mol. The van der Waals surface area contributed by atoms with Gasteiger partial charge in [-0.1, -0.05) is 18.2 Å². The van der Waals surface area contributed by atoms with Gasteiger partial charge in [0.1, 0.15) is 6.07 Å². The molecule has 0 aromatic heterocycles. The second-order valence-electron chi connectivity index (χ2n) is 4.40. The predicted octanol–water partition coefficient (Wildman–Crippen LogP) is 4.30. The van der Waals surface area contributed by atoms with Gasteiger partial charge in [0.05, 0.1) is 11.3 Å². The highest BCUT2D eigenvalue weighted by atomic mass is 19.2. The first-order valence-corrected chi connectivity index (χ1v) is 6.31. The van der Waals surface area contributed by atoms with E-state index in [4.69, 9.17) is 5.26 Å². The lowest BCUT2D eigenvalue weighted by molar-refractivity contribution is 0.506. The molecule has 0 unspecified atom stereocenters. The molecule has 0 amide bonds. The summed E-state index contributed by atoms with van der Waals surface area (Å²) in [6.45, 7) is 4.27. The van der Waals surface area contributed by atoms with Crippen molar-refractivity contribution < 1.29 is 8.78 Å².